The fourth-order valence-corrected chi connectivity index (χ4v) is 2.33. The molecule has 2 aromatic carbocycles. The van der Waals surface area contributed by atoms with Gasteiger partial charge in [-0.3, -0.25) is 4.79 Å². The van der Waals surface area contributed by atoms with Gasteiger partial charge in [0, 0.05) is 5.56 Å². The molecule has 116 valence electrons. The van der Waals surface area contributed by atoms with Crippen LogP contribution in [-0.2, 0) is 4.74 Å². The summed E-state index contributed by atoms with van der Waals surface area (Å²) in [5.41, 5.74) is 0.257. The summed E-state index contributed by atoms with van der Waals surface area (Å²) in [4.78, 5) is 27.5. The summed E-state index contributed by atoms with van der Waals surface area (Å²) >= 11 is 0. The van der Waals surface area contributed by atoms with E-state index in [1.165, 1.54) is 31.4 Å². The molecule has 0 bridgehead atoms. The van der Waals surface area contributed by atoms with Crippen LogP contribution >= 0.6 is 0 Å². The Kier molecular flexibility index (Phi) is 3.57. The van der Waals surface area contributed by atoms with Crippen molar-refractivity contribution in [2.24, 2.45) is 0 Å². The number of halogens is 1. The predicted molar refractivity (Wildman–Crippen MR) is 86.2 cm³/mol. The molecular formula is C17H13FN2O3. The third-order valence-corrected chi connectivity index (χ3v) is 3.55. The molecule has 0 amide bonds. The first-order valence-corrected chi connectivity index (χ1v) is 6.79. The van der Waals surface area contributed by atoms with Gasteiger partial charge in [-0.2, -0.15) is 0 Å². The quantitative estimate of drug-likeness (QED) is 0.756. The van der Waals surface area contributed by atoms with Gasteiger partial charge < -0.3 is 9.72 Å². The normalized spacial score (nSPS) is 10.7. The molecular weight excluding hydrogens is 299 g/mol. The van der Waals surface area contributed by atoms with Crippen LogP contribution in [0.15, 0.2) is 58.6 Å². The maximum Gasteiger partial charge on any atom is 0.333 e. The van der Waals surface area contributed by atoms with E-state index in [-0.39, 0.29) is 0 Å². The van der Waals surface area contributed by atoms with Crippen molar-refractivity contribution in [2.45, 2.75) is 0 Å². The molecule has 0 aliphatic heterocycles. The Bertz CT molecular complexity index is 1020. The van der Waals surface area contributed by atoms with Crippen molar-refractivity contribution >= 4 is 16.7 Å². The molecule has 6 heteroatoms. The first-order chi connectivity index (χ1) is 11.0. The van der Waals surface area contributed by atoms with Gasteiger partial charge in [-0.05, 0) is 36.4 Å². The molecule has 1 aromatic heterocycles. The summed E-state index contributed by atoms with van der Waals surface area (Å²) in [5.74, 6) is -0.0165. The van der Waals surface area contributed by atoms with Gasteiger partial charge in [0.25, 0.3) is 5.56 Å². The van der Waals surface area contributed by atoms with Crippen molar-refractivity contribution in [3.05, 3.63) is 81.3 Å². The van der Waals surface area contributed by atoms with Crippen LogP contribution in [0.5, 0.6) is 0 Å². The third-order valence-electron chi connectivity index (χ3n) is 3.55. The first kappa shape index (κ1) is 14.8. The number of H-pyrrole nitrogens is 1. The SMILES string of the molecule is C=C(OC)c1ccc2c(=O)n(-c3ccc(F)cc3)c(=O)[nH]c2c1. The highest BCUT2D eigenvalue weighted by molar-refractivity contribution is 5.81. The van der Waals surface area contributed by atoms with Crippen LogP contribution in [0.25, 0.3) is 22.3 Å². The van der Waals surface area contributed by atoms with Gasteiger partial charge >= 0.3 is 5.69 Å². The standard InChI is InChI=1S/C17H13FN2O3/c1-10(23-2)11-3-8-14-15(9-11)19-17(22)20(16(14)21)13-6-4-12(18)5-7-13/h3-9H,1H2,2H3,(H,19,22). The number of nitrogens with zero attached hydrogens (tertiary/aromatic N) is 1. The van der Waals surface area contributed by atoms with Crippen molar-refractivity contribution in [3.63, 3.8) is 0 Å². The van der Waals surface area contributed by atoms with Gasteiger partial charge in [0.15, 0.2) is 0 Å². The number of aromatic amines is 1. The number of aromatic nitrogens is 2. The van der Waals surface area contributed by atoms with Crippen molar-refractivity contribution in [1.82, 2.24) is 9.55 Å². The van der Waals surface area contributed by atoms with Crippen LogP contribution in [-0.4, -0.2) is 16.7 Å². The van der Waals surface area contributed by atoms with Gasteiger partial charge in [0.1, 0.15) is 11.6 Å². The largest absolute Gasteiger partial charge is 0.497 e. The Balaban J connectivity index is 2.26. The average molecular weight is 312 g/mol. The van der Waals surface area contributed by atoms with E-state index in [9.17, 15) is 14.0 Å². The Labute approximate surface area is 130 Å². The molecule has 1 N–H and O–H groups in total. The maximum absolute atomic E-state index is 13.0. The minimum Gasteiger partial charge on any atom is -0.497 e. The highest BCUT2D eigenvalue weighted by Gasteiger charge is 2.11. The fourth-order valence-electron chi connectivity index (χ4n) is 2.33. The number of nitrogens with one attached hydrogen (secondary N) is 1. The predicted octanol–water partition coefficient (Wildman–Crippen LogP) is 2.44. The number of methoxy groups -OCH3 is 1. The summed E-state index contributed by atoms with van der Waals surface area (Å²) in [6.07, 6.45) is 0. The summed E-state index contributed by atoms with van der Waals surface area (Å²) in [5, 5.41) is 0.335. The summed E-state index contributed by atoms with van der Waals surface area (Å²) in [6, 6.07) is 10.0. The lowest BCUT2D eigenvalue weighted by atomic mass is 10.1. The summed E-state index contributed by atoms with van der Waals surface area (Å²) in [6.45, 7) is 3.74. The lowest BCUT2D eigenvalue weighted by Gasteiger charge is -2.08. The van der Waals surface area contributed by atoms with E-state index in [2.05, 4.69) is 11.6 Å². The van der Waals surface area contributed by atoms with E-state index in [0.29, 0.717) is 27.9 Å². The third kappa shape index (κ3) is 2.55. The second-order valence-corrected chi connectivity index (χ2v) is 4.93. The van der Waals surface area contributed by atoms with E-state index >= 15 is 0 Å². The van der Waals surface area contributed by atoms with Crippen LogP contribution in [0.1, 0.15) is 5.56 Å². The second-order valence-electron chi connectivity index (χ2n) is 4.93. The lowest BCUT2D eigenvalue weighted by molar-refractivity contribution is 0.371. The minimum atomic E-state index is -0.603. The van der Waals surface area contributed by atoms with Gasteiger partial charge in [-0.15, -0.1) is 0 Å². The monoisotopic (exact) mass is 312 g/mol. The minimum absolute atomic E-state index is 0.296. The molecule has 0 atom stereocenters. The van der Waals surface area contributed by atoms with E-state index < -0.39 is 17.1 Å². The molecule has 0 spiro atoms. The Morgan fingerprint density at radius 2 is 1.87 bits per heavy atom. The number of hydrogen-bond acceptors (Lipinski definition) is 3. The Morgan fingerprint density at radius 1 is 1.17 bits per heavy atom. The van der Waals surface area contributed by atoms with Gasteiger partial charge in [-0.1, -0.05) is 12.6 Å². The number of benzene rings is 2. The zero-order valence-corrected chi connectivity index (χ0v) is 12.3. The summed E-state index contributed by atoms with van der Waals surface area (Å²) in [7, 11) is 1.49. The number of fused-ring (bicyclic) bond motifs is 1. The number of rotatable bonds is 3. The maximum atomic E-state index is 13.0. The molecule has 5 nitrogen and oxygen atoms in total. The van der Waals surface area contributed by atoms with Crippen LogP contribution < -0.4 is 11.2 Å². The molecule has 0 unspecified atom stereocenters. The topological polar surface area (TPSA) is 64.1 Å². The average Bonchev–Trinajstić information content (AvgIpc) is 2.55. The van der Waals surface area contributed by atoms with Gasteiger partial charge in [0.2, 0.25) is 0 Å². The van der Waals surface area contributed by atoms with E-state index in [1.54, 1.807) is 18.2 Å². The zero-order chi connectivity index (χ0) is 16.6. The van der Waals surface area contributed by atoms with Crippen molar-refractivity contribution in [1.29, 1.82) is 0 Å². The molecule has 0 saturated carbocycles. The molecule has 0 aliphatic carbocycles. The molecule has 0 saturated heterocycles. The number of ether oxygens (including phenoxy) is 1. The van der Waals surface area contributed by atoms with Gasteiger partial charge in [0.05, 0.1) is 23.7 Å². The number of hydrogen-bond donors (Lipinski definition) is 1. The van der Waals surface area contributed by atoms with Crippen LogP contribution in [0.4, 0.5) is 4.39 Å². The first-order valence-electron chi connectivity index (χ1n) is 6.79. The molecule has 3 aromatic rings. The fraction of sp³-hybridized carbons (Fsp3) is 0.0588. The molecule has 0 fully saturated rings. The van der Waals surface area contributed by atoms with E-state index in [1.807, 2.05) is 0 Å². The van der Waals surface area contributed by atoms with E-state index in [0.717, 1.165) is 4.57 Å². The Morgan fingerprint density at radius 3 is 2.52 bits per heavy atom. The van der Waals surface area contributed by atoms with Crippen molar-refractivity contribution in [2.75, 3.05) is 7.11 Å². The highest BCUT2D eigenvalue weighted by atomic mass is 19.1. The molecule has 1 heterocycles. The van der Waals surface area contributed by atoms with Gasteiger partial charge in [-0.25, -0.2) is 13.8 Å². The Hall–Kier alpha value is -3.15. The van der Waals surface area contributed by atoms with Crippen LogP contribution in [0.2, 0.25) is 0 Å². The van der Waals surface area contributed by atoms with Crippen molar-refractivity contribution in [3.8, 4) is 5.69 Å². The summed E-state index contributed by atoms with van der Waals surface area (Å²) < 4.78 is 19.0. The molecule has 0 radical (unpaired) electrons. The molecule has 3 rings (SSSR count). The second kappa shape index (κ2) is 5.57. The molecule has 23 heavy (non-hydrogen) atoms. The lowest BCUT2D eigenvalue weighted by Crippen LogP contribution is -2.33. The van der Waals surface area contributed by atoms with Crippen LogP contribution in [0.3, 0.4) is 0 Å². The van der Waals surface area contributed by atoms with Crippen LogP contribution in [0, 0.1) is 5.82 Å². The smallest absolute Gasteiger partial charge is 0.333 e. The zero-order valence-electron chi connectivity index (χ0n) is 12.3. The van der Waals surface area contributed by atoms with E-state index in [4.69, 9.17) is 4.74 Å². The van der Waals surface area contributed by atoms with Crippen molar-refractivity contribution < 1.29 is 9.13 Å². The highest BCUT2D eigenvalue weighted by Crippen LogP contribution is 2.17. The molecule has 0 aliphatic rings.